The Morgan fingerprint density at radius 2 is 1.61 bits per heavy atom. The van der Waals surface area contributed by atoms with Crippen molar-refractivity contribution in [2.75, 3.05) is 0 Å². The van der Waals surface area contributed by atoms with E-state index in [1.54, 1.807) is 0 Å². The summed E-state index contributed by atoms with van der Waals surface area (Å²) < 4.78 is 1.19. The Hall–Kier alpha value is -1.08. The number of fused-ring (bicyclic) bond motifs is 3. The molecule has 0 nitrogen and oxygen atoms in total. The molecule has 0 amide bonds. The van der Waals surface area contributed by atoms with Gasteiger partial charge >= 0.3 is 0 Å². The van der Waals surface area contributed by atoms with Crippen LogP contribution < -0.4 is 0 Å². The zero-order chi connectivity index (χ0) is 12.5. The van der Waals surface area contributed by atoms with Crippen LogP contribution >= 0.6 is 15.9 Å². The van der Waals surface area contributed by atoms with Crippen LogP contribution in [0.25, 0.3) is 11.1 Å². The Morgan fingerprint density at radius 3 is 2.33 bits per heavy atom. The number of rotatable bonds is 1. The maximum absolute atomic E-state index is 3.58. The van der Waals surface area contributed by atoms with E-state index in [9.17, 15) is 0 Å². The summed E-state index contributed by atoms with van der Waals surface area (Å²) in [6.07, 6.45) is 4.77. The fraction of sp³-hybridized carbons (Fsp3) is 0.294. The lowest BCUT2D eigenvalue weighted by molar-refractivity contribution is 0.833. The molecule has 0 spiro atoms. The van der Waals surface area contributed by atoms with Crippen molar-refractivity contribution in [3.63, 3.8) is 0 Å². The van der Waals surface area contributed by atoms with Gasteiger partial charge in [0.25, 0.3) is 0 Å². The summed E-state index contributed by atoms with van der Waals surface area (Å²) in [6, 6.07) is 13.7. The number of halogens is 1. The van der Waals surface area contributed by atoms with Crippen molar-refractivity contribution in [3.05, 3.63) is 57.6 Å². The fourth-order valence-corrected chi connectivity index (χ4v) is 3.25. The van der Waals surface area contributed by atoms with Gasteiger partial charge in [-0.1, -0.05) is 47.1 Å². The predicted molar refractivity (Wildman–Crippen MR) is 81.0 cm³/mol. The molecule has 1 aliphatic rings. The van der Waals surface area contributed by atoms with Crippen molar-refractivity contribution in [2.45, 2.75) is 32.6 Å². The second kappa shape index (κ2) is 4.89. The average molecular weight is 301 g/mol. The highest BCUT2D eigenvalue weighted by atomic mass is 79.9. The summed E-state index contributed by atoms with van der Waals surface area (Å²) in [7, 11) is 0. The molecule has 0 N–H and O–H groups in total. The molecule has 0 aromatic heterocycles. The summed E-state index contributed by atoms with van der Waals surface area (Å²) >= 11 is 3.58. The Balaban J connectivity index is 2.18. The van der Waals surface area contributed by atoms with Crippen LogP contribution in [0, 0.1) is 0 Å². The summed E-state index contributed by atoms with van der Waals surface area (Å²) in [4.78, 5) is 0. The lowest BCUT2D eigenvalue weighted by Crippen LogP contribution is -1.90. The first-order chi connectivity index (χ1) is 8.78. The minimum Gasteiger partial charge on any atom is -0.0613 e. The van der Waals surface area contributed by atoms with Crippen molar-refractivity contribution in [2.24, 2.45) is 0 Å². The molecule has 0 heterocycles. The molecular formula is C17H17Br. The summed E-state index contributed by atoms with van der Waals surface area (Å²) in [5, 5.41) is 0. The SMILES string of the molecule is CCc1ccc2c(c1)CCCc1cc(Br)ccc1-2. The molecule has 2 aromatic rings. The topological polar surface area (TPSA) is 0 Å². The minimum absolute atomic E-state index is 1.13. The smallest absolute Gasteiger partial charge is 0.0178 e. The van der Waals surface area contributed by atoms with E-state index in [1.165, 1.54) is 51.6 Å². The van der Waals surface area contributed by atoms with E-state index < -0.39 is 0 Å². The van der Waals surface area contributed by atoms with Gasteiger partial charge in [0.1, 0.15) is 0 Å². The van der Waals surface area contributed by atoms with Gasteiger partial charge in [-0.05, 0) is 65.6 Å². The van der Waals surface area contributed by atoms with Crippen LogP contribution in [0.1, 0.15) is 30.0 Å². The van der Waals surface area contributed by atoms with Crippen molar-refractivity contribution < 1.29 is 0 Å². The van der Waals surface area contributed by atoms with E-state index in [1.807, 2.05) is 0 Å². The zero-order valence-corrected chi connectivity index (χ0v) is 12.3. The third kappa shape index (κ3) is 2.12. The van der Waals surface area contributed by atoms with Gasteiger partial charge in [-0.3, -0.25) is 0 Å². The van der Waals surface area contributed by atoms with Gasteiger partial charge in [0, 0.05) is 4.47 Å². The lowest BCUT2D eigenvalue weighted by atomic mass is 9.95. The standard InChI is InChI=1S/C17H17Br/c1-2-12-6-8-16-13(10-12)4-3-5-14-11-15(18)7-9-17(14)16/h6-11H,2-5H2,1H3. The molecule has 0 atom stereocenters. The van der Waals surface area contributed by atoms with Crippen LogP contribution in [-0.2, 0) is 19.3 Å². The van der Waals surface area contributed by atoms with Gasteiger partial charge in [0.15, 0.2) is 0 Å². The highest BCUT2D eigenvalue weighted by Gasteiger charge is 2.14. The molecule has 0 bridgehead atoms. The van der Waals surface area contributed by atoms with Crippen LogP contribution in [-0.4, -0.2) is 0 Å². The minimum atomic E-state index is 1.13. The van der Waals surface area contributed by atoms with Gasteiger partial charge in [-0.15, -0.1) is 0 Å². The second-order valence-corrected chi connectivity index (χ2v) is 5.92. The fourth-order valence-electron chi connectivity index (χ4n) is 2.84. The van der Waals surface area contributed by atoms with E-state index >= 15 is 0 Å². The molecule has 0 saturated heterocycles. The largest absolute Gasteiger partial charge is 0.0613 e. The van der Waals surface area contributed by atoms with Gasteiger partial charge in [-0.25, -0.2) is 0 Å². The Bertz CT molecular complexity index is 584. The first-order valence-corrected chi connectivity index (χ1v) is 7.48. The zero-order valence-electron chi connectivity index (χ0n) is 10.7. The Labute approximate surface area is 117 Å². The molecule has 0 fully saturated rings. The van der Waals surface area contributed by atoms with Crippen molar-refractivity contribution in [1.82, 2.24) is 0 Å². The highest BCUT2D eigenvalue weighted by Crippen LogP contribution is 2.34. The first kappa shape index (κ1) is 12.0. The maximum atomic E-state index is 3.58. The van der Waals surface area contributed by atoms with Gasteiger partial charge in [-0.2, -0.15) is 0 Å². The Kier molecular flexibility index (Phi) is 3.25. The molecular weight excluding hydrogens is 284 g/mol. The van der Waals surface area contributed by atoms with E-state index in [0.29, 0.717) is 0 Å². The highest BCUT2D eigenvalue weighted by molar-refractivity contribution is 9.10. The normalized spacial score (nSPS) is 13.7. The summed E-state index contributed by atoms with van der Waals surface area (Å²) in [5.41, 5.74) is 7.32. The molecule has 0 saturated carbocycles. The maximum Gasteiger partial charge on any atom is 0.0178 e. The van der Waals surface area contributed by atoms with E-state index in [-0.39, 0.29) is 0 Å². The van der Waals surface area contributed by atoms with Crippen LogP contribution in [0.3, 0.4) is 0 Å². The molecule has 0 unspecified atom stereocenters. The lowest BCUT2D eigenvalue weighted by Gasteiger charge is -2.11. The number of benzene rings is 2. The van der Waals surface area contributed by atoms with Gasteiger partial charge in [0.05, 0.1) is 0 Å². The summed E-state index contributed by atoms with van der Waals surface area (Å²) in [5.74, 6) is 0. The van der Waals surface area contributed by atoms with Crippen LogP contribution in [0.5, 0.6) is 0 Å². The van der Waals surface area contributed by atoms with Crippen molar-refractivity contribution in [1.29, 1.82) is 0 Å². The second-order valence-electron chi connectivity index (χ2n) is 5.00. The monoisotopic (exact) mass is 300 g/mol. The van der Waals surface area contributed by atoms with E-state index in [0.717, 1.165) is 6.42 Å². The summed E-state index contributed by atoms with van der Waals surface area (Å²) in [6.45, 7) is 2.23. The van der Waals surface area contributed by atoms with Crippen LogP contribution in [0.15, 0.2) is 40.9 Å². The van der Waals surface area contributed by atoms with Crippen molar-refractivity contribution >= 4 is 15.9 Å². The molecule has 0 aliphatic heterocycles. The van der Waals surface area contributed by atoms with Gasteiger partial charge < -0.3 is 0 Å². The quantitative estimate of drug-likeness (QED) is 0.682. The molecule has 18 heavy (non-hydrogen) atoms. The van der Waals surface area contributed by atoms with Gasteiger partial charge in [0.2, 0.25) is 0 Å². The third-order valence-electron chi connectivity index (χ3n) is 3.83. The molecule has 0 radical (unpaired) electrons. The van der Waals surface area contributed by atoms with E-state index in [4.69, 9.17) is 0 Å². The predicted octanol–water partition coefficient (Wildman–Crippen LogP) is 5.17. The number of hydrogen-bond acceptors (Lipinski definition) is 0. The molecule has 2 aromatic carbocycles. The number of hydrogen-bond donors (Lipinski definition) is 0. The average Bonchev–Trinajstić information content (AvgIpc) is 2.56. The van der Waals surface area contributed by atoms with Crippen molar-refractivity contribution in [3.8, 4) is 11.1 Å². The van der Waals surface area contributed by atoms with E-state index in [2.05, 4.69) is 59.3 Å². The third-order valence-corrected chi connectivity index (χ3v) is 4.32. The van der Waals surface area contributed by atoms with Crippen LogP contribution in [0.4, 0.5) is 0 Å². The molecule has 1 aliphatic carbocycles. The molecule has 3 rings (SSSR count). The first-order valence-electron chi connectivity index (χ1n) is 6.68. The molecule has 92 valence electrons. The Morgan fingerprint density at radius 1 is 0.944 bits per heavy atom. The van der Waals surface area contributed by atoms with Crippen LogP contribution in [0.2, 0.25) is 0 Å². The number of aryl methyl sites for hydroxylation is 3. The molecule has 1 heteroatoms.